The molecule has 37 heavy (non-hydrogen) atoms. The van der Waals surface area contributed by atoms with Gasteiger partial charge in [-0.3, -0.25) is 30.3 Å². The molecule has 4 aromatic rings. The SMILES string of the molecule is O=[N+]([O-])c1cc([N+](=O)[O-])c(N=NN=P(c2ccccc2)(c2ccccc2)c2ccccc2)c([N+](=O)[O-])c1. The van der Waals surface area contributed by atoms with Gasteiger partial charge in [0.05, 0.1) is 34.0 Å². The molecule has 13 heteroatoms. The normalized spacial score (nSPS) is 11.2. The van der Waals surface area contributed by atoms with Gasteiger partial charge in [0.1, 0.15) is 0 Å². The van der Waals surface area contributed by atoms with Gasteiger partial charge in [0.25, 0.3) is 5.69 Å². The Hall–Kier alpha value is -5.09. The summed E-state index contributed by atoms with van der Waals surface area (Å²) in [5.74, 6) is 0. The lowest BCUT2D eigenvalue weighted by molar-refractivity contribution is -0.402. The Kier molecular flexibility index (Phi) is 7.21. The van der Waals surface area contributed by atoms with Crippen LogP contribution in [0, 0.1) is 30.3 Å². The summed E-state index contributed by atoms with van der Waals surface area (Å²) >= 11 is 0. The highest BCUT2D eigenvalue weighted by atomic mass is 31.2. The molecule has 0 N–H and O–H groups in total. The summed E-state index contributed by atoms with van der Waals surface area (Å²) in [6.45, 7) is 0. The number of rotatable bonds is 8. The third-order valence-electron chi connectivity index (χ3n) is 5.37. The zero-order valence-electron chi connectivity index (χ0n) is 18.9. The molecule has 0 heterocycles. The monoisotopic (exact) mass is 516 g/mol. The van der Waals surface area contributed by atoms with Gasteiger partial charge in [0, 0.05) is 15.9 Å². The van der Waals surface area contributed by atoms with Crippen molar-refractivity contribution in [3.63, 3.8) is 0 Å². The lowest BCUT2D eigenvalue weighted by Crippen LogP contribution is -2.25. The third kappa shape index (κ3) is 5.00. The molecule has 0 amide bonds. The Morgan fingerprint density at radius 3 is 1.27 bits per heavy atom. The Morgan fingerprint density at radius 1 is 0.568 bits per heavy atom. The standard InChI is InChI=1S/C24H17N6O6P/c31-28(32)18-16-22(29(33)34)24(23(17-18)30(35)36)25-26-27-37(19-10-4-1-5-11-19,20-12-6-2-7-13-20)21-14-8-3-9-15-21/h1-17H. The molecule has 0 aromatic heterocycles. The van der Waals surface area contributed by atoms with Crippen molar-refractivity contribution in [2.24, 2.45) is 15.2 Å². The van der Waals surface area contributed by atoms with Crippen LogP contribution in [0.5, 0.6) is 0 Å². The van der Waals surface area contributed by atoms with E-state index in [1.165, 1.54) is 0 Å². The molecule has 0 fully saturated rings. The first-order chi connectivity index (χ1) is 17.8. The molecule has 0 saturated carbocycles. The summed E-state index contributed by atoms with van der Waals surface area (Å²) < 4.78 is 0. The van der Waals surface area contributed by atoms with Crippen LogP contribution in [0.15, 0.2) is 118 Å². The molecule has 0 aliphatic carbocycles. The van der Waals surface area contributed by atoms with Gasteiger partial charge in [0.15, 0.2) is 0 Å². The lowest BCUT2D eigenvalue weighted by atomic mass is 10.2. The molecule has 0 saturated heterocycles. The highest BCUT2D eigenvalue weighted by molar-refractivity contribution is 7.87. The number of non-ortho nitro benzene ring substituents is 1. The van der Waals surface area contributed by atoms with Crippen LogP contribution in [0.1, 0.15) is 0 Å². The van der Waals surface area contributed by atoms with Crippen LogP contribution >= 0.6 is 7.05 Å². The van der Waals surface area contributed by atoms with E-state index in [1.807, 2.05) is 91.0 Å². The minimum absolute atomic E-state index is 0.606. The highest BCUT2D eigenvalue weighted by Crippen LogP contribution is 2.47. The number of nitrogens with zero attached hydrogens (tertiary/aromatic N) is 6. The van der Waals surface area contributed by atoms with Crippen LogP contribution in [0.25, 0.3) is 0 Å². The van der Waals surface area contributed by atoms with Crippen molar-refractivity contribution < 1.29 is 14.8 Å². The molecule has 184 valence electrons. The van der Waals surface area contributed by atoms with E-state index in [9.17, 15) is 30.3 Å². The summed E-state index contributed by atoms with van der Waals surface area (Å²) in [5.41, 5.74) is -3.41. The Labute approximate surface area is 209 Å². The van der Waals surface area contributed by atoms with Crippen LogP contribution in [-0.2, 0) is 0 Å². The van der Waals surface area contributed by atoms with Crippen molar-refractivity contribution in [2.75, 3.05) is 0 Å². The van der Waals surface area contributed by atoms with Gasteiger partial charge < -0.3 is 0 Å². The van der Waals surface area contributed by atoms with Crippen molar-refractivity contribution in [3.8, 4) is 0 Å². The second kappa shape index (κ2) is 10.7. The van der Waals surface area contributed by atoms with E-state index in [0.717, 1.165) is 15.9 Å². The van der Waals surface area contributed by atoms with Gasteiger partial charge in [-0.05, 0) is 5.22 Å². The highest BCUT2D eigenvalue weighted by Gasteiger charge is 2.32. The minimum atomic E-state index is -2.88. The Bertz CT molecular complexity index is 1420. The van der Waals surface area contributed by atoms with E-state index in [4.69, 9.17) is 0 Å². The maximum atomic E-state index is 11.6. The summed E-state index contributed by atoms with van der Waals surface area (Å²) in [6, 6.07) is 29.1. The Balaban J connectivity index is 2.04. The van der Waals surface area contributed by atoms with Crippen LogP contribution in [0.2, 0.25) is 0 Å². The van der Waals surface area contributed by atoms with Crippen molar-refractivity contribution >= 4 is 45.7 Å². The molecule has 0 aliphatic rings. The molecular formula is C24H17N6O6P. The summed E-state index contributed by atoms with van der Waals surface area (Å²) in [6.07, 6.45) is 0. The van der Waals surface area contributed by atoms with Gasteiger partial charge in [-0.15, -0.1) is 9.97 Å². The molecule has 0 spiro atoms. The maximum absolute atomic E-state index is 11.6. The van der Waals surface area contributed by atoms with Crippen molar-refractivity contribution in [3.05, 3.63) is 133 Å². The number of nitro benzene ring substituents is 3. The van der Waals surface area contributed by atoms with E-state index in [0.29, 0.717) is 12.1 Å². The quantitative estimate of drug-likeness (QED) is 0.128. The molecule has 4 rings (SSSR count). The van der Waals surface area contributed by atoms with Crippen LogP contribution in [-0.4, -0.2) is 14.8 Å². The first-order valence-corrected chi connectivity index (χ1v) is 12.4. The molecule has 12 nitrogen and oxygen atoms in total. The lowest BCUT2D eigenvalue weighted by Gasteiger charge is -2.24. The average Bonchev–Trinajstić information content (AvgIpc) is 2.92. The molecule has 0 unspecified atom stereocenters. The first kappa shape index (κ1) is 25.0. The zero-order chi connectivity index (χ0) is 26.4. The van der Waals surface area contributed by atoms with Crippen LogP contribution in [0.3, 0.4) is 0 Å². The van der Waals surface area contributed by atoms with Gasteiger partial charge in [-0.2, -0.15) is 0 Å². The number of nitro groups is 3. The molecular weight excluding hydrogens is 499 g/mol. The van der Waals surface area contributed by atoms with Gasteiger partial charge in [0.2, 0.25) is 5.69 Å². The van der Waals surface area contributed by atoms with Gasteiger partial charge >= 0.3 is 11.4 Å². The van der Waals surface area contributed by atoms with E-state index >= 15 is 0 Å². The smallest absolute Gasteiger partial charge is 0.258 e. The maximum Gasteiger partial charge on any atom is 0.310 e. The minimum Gasteiger partial charge on any atom is -0.258 e. The predicted molar refractivity (Wildman–Crippen MR) is 138 cm³/mol. The second-order valence-corrected chi connectivity index (χ2v) is 10.5. The van der Waals surface area contributed by atoms with Gasteiger partial charge in [-0.25, -0.2) is 0 Å². The summed E-state index contributed by atoms with van der Waals surface area (Å²) in [4.78, 5) is 36.1. The topological polar surface area (TPSA) is 166 Å². The second-order valence-electron chi connectivity index (χ2n) is 7.52. The van der Waals surface area contributed by atoms with Gasteiger partial charge in [-0.1, -0.05) is 91.0 Å². The molecule has 4 aromatic carbocycles. The molecule has 0 bridgehead atoms. The fourth-order valence-electron chi connectivity index (χ4n) is 3.73. The summed E-state index contributed by atoms with van der Waals surface area (Å²) in [7, 11) is -2.88. The molecule has 0 radical (unpaired) electrons. The fraction of sp³-hybridized carbons (Fsp3) is 0. The van der Waals surface area contributed by atoms with Crippen LogP contribution in [0.4, 0.5) is 22.7 Å². The van der Waals surface area contributed by atoms with E-state index < -0.39 is 44.6 Å². The predicted octanol–water partition coefficient (Wildman–Crippen LogP) is 5.59. The fourth-order valence-corrected chi connectivity index (χ4v) is 6.91. The Morgan fingerprint density at radius 2 is 0.946 bits per heavy atom. The largest absolute Gasteiger partial charge is 0.310 e. The van der Waals surface area contributed by atoms with Crippen molar-refractivity contribution in [2.45, 2.75) is 0 Å². The van der Waals surface area contributed by atoms with Crippen LogP contribution < -0.4 is 15.9 Å². The summed E-state index contributed by atoms with van der Waals surface area (Å²) in [5, 5.41) is 44.6. The molecule has 0 atom stereocenters. The van der Waals surface area contributed by atoms with Crippen molar-refractivity contribution in [1.82, 2.24) is 0 Å². The van der Waals surface area contributed by atoms with E-state index in [2.05, 4.69) is 15.2 Å². The number of hydrogen-bond donors (Lipinski definition) is 0. The number of hydrogen-bond acceptors (Lipinski definition) is 7. The van der Waals surface area contributed by atoms with E-state index in [1.54, 1.807) is 0 Å². The zero-order valence-corrected chi connectivity index (χ0v) is 19.8. The van der Waals surface area contributed by atoms with Crippen molar-refractivity contribution in [1.29, 1.82) is 0 Å². The number of benzene rings is 4. The average molecular weight is 516 g/mol. The first-order valence-electron chi connectivity index (χ1n) is 10.6. The molecule has 0 aliphatic heterocycles. The third-order valence-corrected chi connectivity index (χ3v) is 8.85. The van der Waals surface area contributed by atoms with E-state index in [-0.39, 0.29) is 0 Å².